The quantitative estimate of drug-likeness (QED) is 0.546. The fourth-order valence-corrected chi connectivity index (χ4v) is 3.84. The summed E-state index contributed by atoms with van der Waals surface area (Å²) < 4.78 is 5.20. The van der Waals surface area contributed by atoms with Crippen LogP contribution in [0, 0.1) is 18.3 Å². The van der Waals surface area contributed by atoms with Crippen LogP contribution in [0.5, 0.6) is 0 Å². The van der Waals surface area contributed by atoms with E-state index >= 15 is 0 Å². The van der Waals surface area contributed by atoms with Crippen molar-refractivity contribution in [3.05, 3.63) is 83.9 Å². The van der Waals surface area contributed by atoms with Gasteiger partial charge in [-0.05, 0) is 43.0 Å². The van der Waals surface area contributed by atoms with Crippen molar-refractivity contribution in [3.8, 4) is 6.07 Å². The Morgan fingerprint density at radius 3 is 2.33 bits per heavy atom. The second kappa shape index (κ2) is 13.9. The number of carbonyl (C=O) groups is 2. The number of rotatable bonds is 6. The van der Waals surface area contributed by atoms with E-state index in [4.69, 9.17) is 4.74 Å². The lowest BCUT2D eigenvalue weighted by molar-refractivity contribution is -0.123. The van der Waals surface area contributed by atoms with Crippen molar-refractivity contribution in [2.24, 2.45) is 0 Å². The molecule has 1 heterocycles. The summed E-state index contributed by atoms with van der Waals surface area (Å²) in [5, 5.41) is 17.2. The van der Waals surface area contributed by atoms with Crippen molar-refractivity contribution >= 4 is 22.7 Å². The van der Waals surface area contributed by atoms with E-state index in [1.54, 1.807) is 11.8 Å². The monoisotopic (exact) mass is 486 g/mol. The van der Waals surface area contributed by atoms with Crippen molar-refractivity contribution in [1.82, 2.24) is 15.5 Å². The van der Waals surface area contributed by atoms with E-state index < -0.39 is 12.1 Å². The molecule has 3 aromatic rings. The first-order valence-electron chi connectivity index (χ1n) is 12.3. The molecular weight excluding hydrogens is 452 g/mol. The van der Waals surface area contributed by atoms with E-state index in [9.17, 15) is 14.9 Å². The van der Waals surface area contributed by atoms with E-state index in [1.807, 2.05) is 30.3 Å². The van der Waals surface area contributed by atoms with Gasteiger partial charge in [0.2, 0.25) is 5.91 Å². The van der Waals surface area contributed by atoms with Crippen LogP contribution in [0.2, 0.25) is 0 Å². The Bertz CT molecular complexity index is 1170. The number of benzene rings is 3. The molecule has 0 aromatic heterocycles. The lowest BCUT2D eigenvalue weighted by Crippen LogP contribution is -2.53. The van der Waals surface area contributed by atoms with Gasteiger partial charge < -0.3 is 20.3 Å². The highest BCUT2D eigenvalue weighted by atomic mass is 16.5. The zero-order valence-corrected chi connectivity index (χ0v) is 20.9. The van der Waals surface area contributed by atoms with E-state index in [2.05, 4.69) is 66.1 Å². The molecule has 1 aliphatic rings. The summed E-state index contributed by atoms with van der Waals surface area (Å²) in [5.74, 6) is -0.360. The van der Waals surface area contributed by atoms with Gasteiger partial charge in [0.1, 0.15) is 12.1 Å². The summed E-state index contributed by atoms with van der Waals surface area (Å²) in [6.45, 7) is 5.76. The third kappa shape index (κ3) is 8.40. The number of nitrogens with zero attached hydrogens (tertiary/aromatic N) is 2. The highest BCUT2D eigenvalue weighted by molar-refractivity contribution is 5.87. The first-order chi connectivity index (χ1) is 17.5. The van der Waals surface area contributed by atoms with E-state index in [-0.39, 0.29) is 11.9 Å². The van der Waals surface area contributed by atoms with E-state index in [1.165, 1.54) is 16.3 Å². The third-order valence-corrected chi connectivity index (χ3v) is 5.97. The first-order valence-corrected chi connectivity index (χ1v) is 12.3. The van der Waals surface area contributed by atoms with Gasteiger partial charge in [0.15, 0.2) is 0 Å². The number of ether oxygens (including phenoxy) is 1. The van der Waals surface area contributed by atoms with Gasteiger partial charge in [0.05, 0.1) is 19.3 Å². The number of nitriles is 1. The Morgan fingerprint density at radius 2 is 1.64 bits per heavy atom. The molecule has 4 rings (SSSR count). The largest absolute Gasteiger partial charge is 0.378 e. The fraction of sp³-hybridized carbons (Fsp3) is 0.345. The maximum absolute atomic E-state index is 12.2. The van der Waals surface area contributed by atoms with Crippen LogP contribution in [0.25, 0.3) is 10.8 Å². The van der Waals surface area contributed by atoms with Crippen molar-refractivity contribution in [2.75, 3.05) is 26.3 Å². The molecule has 36 heavy (non-hydrogen) atoms. The molecular formula is C29H34N4O3. The molecule has 3 aromatic carbocycles. The van der Waals surface area contributed by atoms with Crippen LogP contribution in [0.3, 0.4) is 0 Å². The molecule has 188 valence electrons. The third-order valence-electron chi connectivity index (χ3n) is 5.97. The molecule has 2 N–H and O–H groups in total. The van der Waals surface area contributed by atoms with Gasteiger partial charge in [0, 0.05) is 13.1 Å². The number of aryl methyl sites for hydroxylation is 2. The number of carbonyl (C=O) groups excluding carboxylic acids is 2. The van der Waals surface area contributed by atoms with Crippen LogP contribution >= 0.6 is 0 Å². The molecule has 0 bridgehead atoms. The highest BCUT2D eigenvalue weighted by Crippen LogP contribution is 2.14. The van der Waals surface area contributed by atoms with Gasteiger partial charge in [0.25, 0.3) is 0 Å². The maximum Gasteiger partial charge on any atom is 0.318 e. The van der Waals surface area contributed by atoms with Crippen LogP contribution in [-0.4, -0.2) is 55.2 Å². The zero-order valence-electron chi connectivity index (χ0n) is 20.9. The second-order valence-electron chi connectivity index (χ2n) is 8.84. The van der Waals surface area contributed by atoms with Gasteiger partial charge in [-0.25, -0.2) is 4.79 Å². The van der Waals surface area contributed by atoms with Crippen LogP contribution < -0.4 is 10.6 Å². The summed E-state index contributed by atoms with van der Waals surface area (Å²) in [7, 11) is 0. The van der Waals surface area contributed by atoms with Crippen LogP contribution in [0.4, 0.5) is 4.79 Å². The SMILES string of the molecule is C[C@H](NC(=O)N1CCOCC1)C(=O)N[C@H](C#N)CCc1ccccc1.Cc1ccc2ccccc2c1. The minimum Gasteiger partial charge on any atom is -0.378 e. The Morgan fingerprint density at radius 1 is 0.972 bits per heavy atom. The molecule has 0 aliphatic carbocycles. The molecule has 3 amide bonds. The summed E-state index contributed by atoms with van der Waals surface area (Å²) in [5.41, 5.74) is 2.44. The Balaban J connectivity index is 0.000000270. The summed E-state index contributed by atoms with van der Waals surface area (Å²) in [6.07, 6.45) is 1.23. The van der Waals surface area contributed by atoms with Crippen molar-refractivity contribution in [2.45, 2.75) is 38.8 Å². The molecule has 0 spiro atoms. The average molecular weight is 487 g/mol. The first kappa shape index (κ1) is 26.7. The lowest BCUT2D eigenvalue weighted by atomic mass is 10.1. The number of morpholine rings is 1. The minimum absolute atomic E-state index is 0.288. The Hall–Kier alpha value is -3.89. The van der Waals surface area contributed by atoms with Gasteiger partial charge in [-0.1, -0.05) is 78.4 Å². The molecule has 0 saturated carbocycles. The fourth-order valence-electron chi connectivity index (χ4n) is 3.84. The predicted octanol–water partition coefficient (Wildman–Crippen LogP) is 4.21. The molecule has 0 unspecified atom stereocenters. The molecule has 7 nitrogen and oxygen atoms in total. The molecule has 1 saturated heterocycles. The predicted molar refractivity (Wildman–Crippen MR) is 141 cm³/mol. The number of nitrogens with one attached hydrogen (secondary N) is 2. The number of urea groups is 1. The smallest absolute Gasteiger partial charge is 0.318 e. The summed E-state index contributed by atoms with van der Waals surface area (Å²) >= 11 is 0. The molecule has 0 radical (unpaired) electrons. The summed E-state index contributed by atoms with van der Waals surface area (Å²) in [4.78, 5) is 25.9. The number of hydrogen-bond donors (Lipinski definition) is 2. The van der Waals surface area contributed by atoms with Crippen LogP contribution in [0.15, 0.2) is 72.8 Å². The normalized spacial score (nSPS) is 14.5. The number of amides is 3. The molecule has 7 heteroatoms. The molecule has 2 atom stereocenters. The Labute approximate surface area is 213 Å². The topological polar surface area (TPSA) is 94.5 Å². The van der Waals surface area contributed by atoms with Crippen molar-refractivity contribution < 1.29 is 14.3 Å². The number of fused-ring (bicyclic) bond motifs is 1. The van der Waals surface area contributed by atoms with Crippen LogP contribution in [-0.2, 0) is 16.0 Å². The van der Waals surface area contributed by atoms with E-state index in [0.29, 0.717) is 39.1 Å². The standard InChI is InChI=1S/C18H24N4O3.C11H10/c1-14(20-18(24)22-9-11-25-12-10-22)17(23)21-16(13-19)8-7-15-5-3-2-4-6-15;1-9-6-7-10-4-2-3-5-11(10)8-9/h2-6,14,16H,7-12H2,1H3,(H,20,24)(H,21,23);2-8H,1H3/t14-,16-;/m0./s1. The highest BCUT2D eigenvalue weighted by Gasteiger charge is 2.23. The van der Waals surface area contributed by atoms with Gasteiger partial charge >= 0.3 is 6.03 Å². The average Bonchev–Trinajstić information content (AvgIpc) is 2.92. The van der Waals surface area contributed by atoms with Crippen molar-refractivity contribution in [3.63, 3.8) is 0 Å². The second-order valence-corrected chi connectivity index (χ2v) is 8.84. The number of hydrogen-bond acceptors (Lipinski definition) is 4. The van der Waals surface area contributed by atoms with Crippen LogP contribution in [0.1, 0.15) is 24.5 Å². The molecule has 1 fully saturated rings. The van der Waals surface area contributed by atoms with Gasteiger partial charge in [-0.3, -0.25) is 4.79 Å². The van der Waals surface area contributed by atoms with Crippen molar-refractivity contribution in [1.29, 1.82) is 5.26 Å². The lowest BCUT2D eigenvalue weighted by Gasteiger charge is -2.28. The Kier molecular flexibility index (Phi) is 10.3. The van der Waals surface area contributed by atoms with Gasteiger partial charge in [-0.2, -0.15) is 5.26 Å². The summed E-state index contributed by atoms with van der Waals surface area (Å²) in [6, 6.07) is 25.2. The van der Waals surface area contributed by atoms with E-state index in [0.717, 1.165) is 5.56 Å². The minimum atomic E-state index is -0.706. The van der Waals surface area contributed by atoms with Gasteiger partial charge in [-0.15, -0.1) is 0 Å². The molecule has 1 aliphatic heterocycles. The maximum atomic E-state index is 12.2. The zero-order chi connectivity index (χ0) is 25.8.